The number of aliphatic imine (C=N–C) groups is 1. The average molecular weight is 427 g/mol. The molecule has 6 rings (SSSR count). The molecule has 2 aliphatic rings. The lowest BCUT2D eigenvalue weighted by molar-refractivity contribution is 0.460. The number of phenols is 1. The zero-order valence-corrected chi connectivity index (χ0v) is 17.3. The minimum atomic E-state index is -1.35. The number of para-hydroxylation sites is 1. The van der Waals surface area contributed by atoms with E-state index >= 15 is 0 Å². The molecule has 0 spiro atoms. The largest absolute Gasteiger partial charge is 0.506 e. The maximum atomic E-state index is 10.1. The van der Waals surface area contributed by atoms with E-state index in [1.807, 2.05) is 60.7 Å². The van der Waals surface area contributed by atoms with Crippen LogP contribution in [0.5, 0.6) is 17.4 Å². The van der Waals surface area contributed by atoms with Crippen molar-refractivity contribution < 1.29 is 12.6 Å². The lowest BCUT2D eigenvalue weighted by Gasteiger charge is -2.25. The van der Waals surface area contributed by atoms with Crippen LogP contribution in [0.4, 0.5) is 0 Å². The first-order valence-electron chi connectivity index (χ1n) is 11.2. The van der Waals surface area contributed by atoms with Crippen LogP contribution in [0.25, 0.3) is 10.9 Å². The van der Waals surface area contributed by atoms with Crippen molar-refractivity contribution >= 4 is 27.7 Å². The topological polar surface area (TPSA) is 54.7 Å². The van der Waals surface area contributed by atoms with Gasteiger partial charge in [0, 0.05) is 25.0 Å². The summed E-state index contributed by atoms with van der Waals surface area (Å²) in [6.45, 7) is 0. The first-order chi connectivity index (χ1) is 16.0. The average Bonchev–Trinajstić information content (AvgIpc) is 3.23. The third kappa shape index (κ3) is 3.35. The zero-order valence-electron chi connectivity index (χ0n) is 18.5. The summed E-state index contributed by atoms with van der Waals surface area (Å²) >= 11 is 1.64. The first kappa shape index (κ1) is 16.4. The number of aromatic hydroxyl groups is 1. The molecule has 0 fully saturated rings. The molecule has 1 aliphatic heterocycles. The molecule has 0 saturated carbocycles. The van der Waals surface area contributed by atoms with Crippen molar-refractivity contribution in [3.8, 4) is 17.4 Å². The monoisotopic (exact) mass is 426 g/mol. The smallest absolute Gasteiger partial charge is 0.219 e. The second-order valence-corrected chi connectivity index (χ2v) is 8.86. The Balaban J connectivity index is 1.30. The highest BCUT2D eigenvalue weighted by Gasteiger charge is 2.35. The van der Waals surface area contributed by atoms with Crippen molar-refractivity contribution in [2.24, 2.45) is 4.99 Å². The van der Waals surface area contributed by atoms with E-state index < -0.39 is 6.37 Å². The van der Waals surface area contributed by atoms with E-state index in [2.05, 4.69) is 4.98 Å². The molecule has 2 heterocycles. The Hall–Kier alpha value is -3.31. The number of pyridine rings is 1. The van der Waals surface area contributed by atoms with Crippen LogP contribution in [0.1, 0.15) is 31.9 Å². The minimum absolute atomic E-state index is 0.0419. The van der Waals surface area contributed by atoms with Crippen molar-refractivity contribution in [3.63, 3.8) is 0 Å². The molecule has 31 heavy (non-hydrogen) atoms. The van der Waals surface area contributed by atoms with Crippen LogP contribution in [0, 0.1) is 0 Å². The van der Waals surface area contributed by atoms with Crippen molar-refractivity contribution in [3.05, 3.63) is 95.6 Å². The van der Waals surface area contributed by atoms with Gasteiger partial charge in [-0.25, -0.2) is 4.98 Å². The van der Waals surface area contributed by atoms with Crippen LogP contribution in [-0.2, 0) is 6.37 Å². The van der Waals surface area contributed by atoms with Crippen molar-refractivity contribution in [2.45, 2.75) is 24.1 Å². The number of ether oxygens (including phenoxy) is 1. The summed E-state index contributed by atoms with van der Waals surface area (Å²) in [4.78, 5) is 9.44. The Kier molecular flexibility index (Phi) is 3.93. The number of hydrogen-bond acceptors (Lipinski definition) is 5. The number of aryl methyl sites for hydroxylation is 1. The van der Waals surface area contributed by atoms with Gasteiger partial charge < -0.3 is 9.84 Å². The standard InChI is InChI=1S/C26H20N2O2S/c29-21-10-4-6-17-12-14-23(27-24(17)21)30-19-8-3-7-18(15-19)26-28-25-20-9-2-1-5-16(20)11-13-22(25)31-26/h1-10,12,14-15,22,25,29H,11,13H2/t22?,25-/m0/s1/i11D2. The molecule has 1 unspecified atom stereocenters. The fourth-order valence-corrected chi connectivity index (χ4v) is 5.35. The number of rotatable bonds is 3. The van der Waals surface area contributed by atoms with E-state index in [9.17, 15) is 5.11 Å². The summed E-state index contributed by atoms with van der Waals surface area (Å²) in [5.74, 6) is 1.15. The quantitative estimate of drug-likeness (QED) is 0.419. The number of phenolic OH excluding ortho intramolecular Hbond substituents is 1. The van der Waals surface area contributed by atoms with Gasteiger partial charge in [0.05, 0.1) is 11.1 Å². The molecule has 1 aromatic heterocycles. The Bertz CT molecular complexity index is 1420. The zero-order chi connectivity index (χ0) is 22.6. The molecule has 0 saturated heterocycles. The summed E-state index contributed by atoms with van der Waals surface area (Å²) in [7, 11) is 0. The minimum Gasteiger partial charge on any atom is -0.506 e. The van der Waals surface area contributed by atoms with Crippen LogP contribution < -0.4 is 4.74 Å². The second kappa shape index (κ2) is 7.43. The number of nitrogens with zero attached hydrogens (tertiary/aromatic N) is 2. The lowest BCUT2D eigenvalue weighted by atomic mass is 9.88. The van der Waals surface area contributed by atoms with Crippen LogP contribution in [0.3, 0.4) is 0 Å². The maximum Gasteiger partial charge on any atom is 0.219 e. The van der Waals surface area contributed by atoms with E-state index in [4.69, 9.17) is 12.5 Å². The van der Waals surface area contributed by atoms with Gasteiger partial charge in [-0.15, -0.1) is 11.8 Å². The van der Waals surface area contributed by atoms with Crippen molar-refractivity contribution in [2.75, 3.05) is 0 Å². The van der Waals surface area contributed by atoms with Gasteiger partial charge in [0.2, 0.25) is 5.88 Å². The van der Waals surface area contributed by atoms with Gasteiger partial charge in [0.1, 0.15) is 17.0 Å². The van der Waals surface area contributed by atoms with E-state index in [0.29, 0.717) is 23.6 Å². The Morgan fingerprint density at radius 3 is 2.87 bits per heavy atom. The fourth-order valence-electron chi connectivity index (χ4n) is 4.12. The molecular formula is C26H20N2O2S. The highest BCUT2D eigenvalue weighted by Crippen LogP contribution is 2.46. The van der Waals surface area contributed by atoms with Crippen LogP contribution in [-0.4, -0.2) is 20.4 Å². The van der Waals surface area contributed by atoms with Gasteiger partial charge in [-0.1, -0.05) is 48.5 Å². The molecular weight excluding hydrogens is 404 g/mol. The molecule has 1 aliphatic carbocycles. The predicted octanol–water partition coefficient (Wildman–Crippen LogP) is 6.28. The number of fused-ring (bicyclic) bond motifs is 4. The molecule has 5 heteroatoms. The summed E-state index contributed by atoms with van der Waals surface area (Å²) in [6, 6.07) is 24.3. The highest BCUT2D eigenvalue weighted by molar-refractivity contribution is 8.15. The van der Waals surface area contributed by atoms with Gasteiger partial charge in [-0.3, -0.25) is 4.99 Å². The van der Waals surface area contributed by atoms with E-state index in [-0.39, 0.29) is 17.0 Å². The molecule has 1 N–H and O–H groups in total. The van der Waals surface area contributed by atoms with Gasteiger partial charge in [0.25, 0.3) is 0 Å². The van der Waals surface area contributed by atoms with Crippen LogP contribution >= 0.6 is 11.8 Å². The number of benzene rings is 3. The Morgan fingerprint density at radius 1 is 1.00 bits per heavy atom. The first-order valence-corrected chi connectivity index (χ1v) is 11.1. The normalized spacial score (nSPS) is 22.1. The van der Waals surface area contributed by atoms with Crippen LogP contribution in [0.2, 0.25) is 0 Å². The molecule has 152 valence electrons. The van der Waals surface area contributed by atoms with Crippen molar-refractivity contribution in [1.82, 2.24) is 4.98 Å². The van der Waals surface area contributed by atoms with E-state index in [0.717, 1.165) is 27.1 Å². The van der Waals surface area contributed by atoms with Crippen molar-refractivity contribution in [1.29, 1.82) is 0 Å². The fraction of sp³-hybridized carbons (Fsp3) is 0.154. The molecule has 0 bridgehead atoms. The van der Waals surface area contributed by atoms with Gasteiger partial charge in [-0.05, 0) is 48.2 Å². The molecule has 3 aromatic carbocycles. The number of thioether (sulfide) groups is 1. The lowest BCUT2D eigenvalue weighted by Crippen LogP contribution is -2.18. The van der Waals surface area contributed by atoms with Gasteiger partial charge in [-0.2, -0.15) is 0 Å². The SMILES string of the molecule is [2H]C1([2H])CC2SC(c3cccc(Oc4ccc5cccc(O)c5n4)c3)=N[C@H]2c2ccccc21. The summed E-state index contributed by atoms with van der Waals surface area (Å²) < 4.78 is 23.0. The summed E-state index contributed by atoms with van der Waals surface area (Å²) in [5, 5.41) is 11.9. The van der Waals surface area contributed by atoms with E-state index in [1.165, 1.54) is 0 Å². The molecule has 4 aromatic rings. The summed E-state index contributed by atoms with van der Waals surface area (Å²) in [5.41, 5.74) is 3.17. The van der Waals surface area contributed by atoms with Crippen LogP contribution in [0.15, 0.2) is 83.9 Å². The predicted molar refractivity (Wildman–Crippen MR) is 125 cm³/mol. The summed E-state index contributed by atoms with van der Waals surface area (Å²) in [6.07, 6.45) is -0.916. The Labute approximate surface area is 187 Å². The maximum absolute atomic E-state index is 10.1. The third-order valence-corrected chi connectivity index (χ3v) is 6.91. The molecule has 0 radical (unpaired) electrons. The Morgan fingerprint density at radius 2 is 1.90 bits per heavy atom. The molecule has 4 nitrogen and oxygen atoms in total. The number of hydrogen-bond donors (Lipinski definition) is 1. The van der Waals surface area contributed by atoms with Gasteiger partial charge in [0.15, 0.2) is 0 Å². The highest BCUT2D eigenvalue weighted by atomic mass is 32.2. The molecule has 0 amide bonds. The van der Waals surface area contributed by atoms with Gasteiger partial charge >= 0.3 is 0 Å². The third-order valence-electron chi connectivity index (χ3n) is 5.62. The second-order valence-electron chi connectivity index (χ2n) is 7.63. The van der Waals surface area contributed by atoms with E-state index in [1.54, 1.807) is 30.0 Å². The molecule has 2 atom stereocenters. The number of aromatic nitrogens is 1.